The SMILES string of the molecule is Cc1nnc2sc(C(=O)NC3CN(C(=O)Oc4cccc(N=[N+]=[N-])c4)C3)c(N)c2c1C. The van der Waals surface area contributed by atoms with Gasteiger partial charge in [0.25, 0.3) is 5.91 Å². The molecule has 0 aliphatic carbocycles. The predicted molar refractivity (Wildman–Crippen MR) is 115 cm³/mol. The van der Waals surface area contributed by atoms with E-state index in [1.165, 1.54) is 22.3 Å². The average Bonchev–Trinajstić information content (AvgIpc) is 3.05. The minimum atomic E-state index is -0.550. The number of fused-ring (bicyclic) bond motifs is 1. The van der Waals surface area contributed by atoms with Crippen LogP contribution >= 0.6 is 11.3 Å². The number of rotatable bonds is 4. The Hall–Kier alpha value is -3.89. The van der Waals surface area contributed by atoms with Crippen molar-refractivity contribution in [1.82, 2.24) is 20.4 Å². The summed E-state index contributed by atoms with van der Waals surface area (Å²) in [6, 6.07) is 6.06. The van der Waals surface area contributed by atoms with Crippen molar-refractivity contribution in [2.24, 2.45) is 5.11 Å². The molecular formula is C19H18N8O3S. The molecule has 3 heterocycles. The second kappa shape index (κ2) is 8.09. The lowest BCUT2D eigenvalue weighted by atomic mass is 10.1. The highest BCUT2D eigenvalue weighted by Crippen LogP contribution is 2.35. The summed E-state index contributed by atoms with van der Waals surface area (Å²) in [5, 5.41) is 15.3. The molecular weight excluding hydrogens is 420 g/mol. The number of carbonyl (C=O) groups excluding carboxylic acids is 2. The number of azide groups is 1. The zero-order valence-electron chi connectivity index (χ0n) is 16.7. The van der Waals surface area contributed by atoms with E-state index >= 15 is 0 Å². The maximum Gasteiger partial charge on any atom is 0.415 e. The van der Waals surface area contributed by atoms with Gasteiger partial charge >= 0.3 is 6.09 Å². The summed E-state index contributed by atoms with van der Waals surface area (Å²) in [5.41, 5.74) is 17.1. The van der Waals surface area contributed by atoms with Gasteiger partial charge < -0.3 is 20.7 Å². The van der Waals surface area contributed by atoms with Crippen molar-refractivity contribution >= 4 is 44.9 Å². The lowest BCUT2D eigenvalue weighted by Gasteiger charge is -2.38. The summed E-state index contributed by atoms with van der Waals surface area (Å²) in [4.78, 5) is 30.1. The van der Waals surface area contributed by atoms with E-state index in [9.17, 15) is 9.59 Å². The number of nitrogens with two attached hydrogens (primary N) is 1. The van der Waals surface area contributed by atoms with E-state index in [0.717, 1.165) is 16.6 Å². The maximum atomic E-state index is 12.7. The van der Waals surface area contributed by atoms with Gasteiger partial charge in [-0.25, -0.2) is 4.79 Å². The first-order valence-corrected chi connectivity index (χ1v) is 10.1. The van der Waals surface area contributed by atoms with E-state index < -0.39 is 6.09 Å². The molecule has 3 aromatic rings. The van der Waals surface area contributed by atoms with E-state index in [2.05, 4.69) is 25.5 Å². The average molecular weight is 438 g/mol. The van der Waals surface area contributed by atoms with Crippen LogP contribution in [0.2, 0.25) is 0 Å². The summed E-state index contributed by atoms with van der Waals surface area (Å²) in [6.07, 6.45) is -0.550. The number of nitrogens with one attached hydrogen (secondary N) is 1. The molecule has 2 amide bonds. The molecule has 0 atom stereocenters. The normalized spacial score (nSPS) is 13.4. The van der Waals surface area contributed by atoms with Crippen molar-refractivity contribution in [1.29, 1.82) is 0 Å². The van der Waals surface area contributed by atoms with Crippen LogP contribution < -0.4 is 15.8 Å². The molecule has 1 fully saturated rings. The minimum absolute atomic E-state index is 0.215. The third kappa shape index (κ3) is 3.93. The summed E-state index contributed by atoms with van der Waals surface area (Å²) in [7, 11) is 0. The highest BCUT2D eigenvalue weighted by atomic mass is 32.1. The van der Waals surface area contributed by atoms with Crippen LogP contribution in [0.25, 0.3) is 20.7 Å². The van der Waals surface area contributed by atoms with Crippen LogP contribution in [0.4, 0.5) is 16.2 Å². The molecule has 12 heteroatoms. The van der Waals surface area contributed by atoms with Crippen molar-refractivity contribution in [3.63, 3.8) is 0 Å². The van der Waals surface area contributed by atoms with Crippen molar-refractivity contribution < 1.29 is 14.3 Å². The number of ether oxygens (including phenoxy) is 1. The Bertz CT molecular complexity index is 1240. The Morgan fingerprint density at radius 1 is 1.35 bits per heavy atom. The second-order valence-corrected chi connectivity index (χ2v) is 8.06. The van der Waals surface area contributed by atoms with Gasteiger partial charge in [0.15, 0.2) is 0 Å². The number of hydrogen-bond acceptors (Lipinski definition) is 8. The number of nitrogens with zero attached hydrogens (tertiary/aromatic N) is 6. The molecule has 2 aromatic heterocycles. The Morgan fingerprint density at radius 3 is 2.87 bits per heavy atom. The van der Waals surface area contributed by atoms with Crippen LogP contribution in [0.5, 0.6) is 5.75 Å². The van der Waals surface area contributed by atoms with Crippen LogP contribution in [-0.2, 0) is 0 Å². The molecule has 0 radical (unpaired) electrons. The highest BCUT2D eigenvalue weighted by Gasteiger charge is 2.34. The molecule has 0 saturated carbocycles. The Labute approximate surface area is 180 Å². The van der Waals surface area contributed by atoms with Gasteiger partial charge in [0.1, 0.15) is 15.5 Å². The predicted octanol–water partition coefficient (Wildman–Crippen LogP) is 3.45. The molecule has 1 aliphatic rings. The van der Waals surface area contributed by atoms with Crippen LogP contribution in [0.15, 0.2) is 29.4 Å². The zero-order chi connectivity index (χ0) is 22.1. The summed E-state index contributed by atoms with van der Waals surface area (Å²) in [6.45, 7) is 4.36. The monoisotopic (exact) mass is 438 g/mol. The van der Waals surface area contributed by atoms with Crippen molar-refractivity contribution in [2.45, 2.75) is 19.9 Å². The van der Waals surface area contributed by atoms with Gasteiger partial charge in [0, 0.05) is 29.1 Å². The second-order valence-electron chi connectivity index (χ2n) is 7.07. The molecule has 0 bridgehead atoms. The third-order valence-electron chi connectivity index (χ3n) is 5.00. The quantitative estimate of drug-likeness (QED) is 0.360. The summed E-state index contributed by atoms with van der Waals surface area (Å²) in [5.74, 6) is -0.0372. The topological polar surface area (TPSA) is 159 Å². The number of likely N-dealkylation sites (tertiary alicyclic amines) is 1. The van der Waals surface area contributed by atoms with Crippen molar-refractivity contribution in [3.8, 4) is 5.75 Å². The van der Waals surface area contributed by atoms with Gasteiger partial charge in [-0.2, -0.15) is 5.10 Å². The number of thiophene rings is 1. The molecule has 31 heavy (non-hydrogen) atoms. The van der Waals surface area contributed by atoms with Crippen LogP contribution in [0.1, 0.15) is 20.9 Å². The molecule has 0 spiro atoms. The standard InChI is InChI=1S/C19H18N8O3S/c1-9-10(2)23-25-18-14(9)15(20)16(31-18)17(28)22-12-7-27(8-12)19(29)30-13-5-3-4-11(6-13)24-26-21/h3-6,12H,7-8,20H2,1-2H3,(H,22,28). The number of aryl methyl sites for hydroxylation is 2. The molecule has 11 nitrogen and oxygen atoms in total. The molecule has 1 aliphatic heterocycles. The van der Waals surface area contributed by atoms with Gasteiger partial charge in [-0.1, -0.05) is 17.2 Å². The number of carbonyl (C=O) groups is 2. The van der Waals surface area contributed by atoms with E-state index in [1.54, 1.807) is 18.2 Å². The maximum absolute atomic E-state index is 12.7. The van der Waals surface area contributed by atoms with Gasteiger partial charge in [-0.15, -0.1) is 16.4 Å². The van der Waals surface area contributed by atoms with E-state index in [4.69, 9.17) is 16.0 Å². The molecule has 0 unspecified atom stereocenters. The number of nitrogen functional groups attached to an aromatic ring is 1. The van der Waals surface area contributed by atoms with Crippen molar-refractivity contribution in [2.75, 3.05) is 18.8 Å². The molecule has 1 aromatic carbocycles. The van der Waals surface area contributed by atoms with Crippen LogP contribution in [-0.4, -0.2) is 46.2 Å². The largest absolute Gasteiger partial charge is 0.415 e. The fraction of sp³-hybridized carbons (Fsp3) is 0.263. The molecule has 158 valence electrons. The highest BCUT2D eigenvalue weighted by molar-refractivity contribution is 7.21. The number of amides is 2. The molecule has 3 N–H and O–H groups in total. The van der Waals surface area contributed by atoms with Crippen molar-refractivity contribution in [3.05, 3.63) is 50.8 Å². The fourth-order valence-corrected chi connectivity index (χ4v) is 4.21. The first-order valence-electron chi connectivity index (χ1n) is 9.32. The summed E-state index contributed by atoms with van der Waals surface area (Å²) >= 11 is 1.20. The lowest BCUT2D eigenvalue weighted by molar-refractivity contribution is 0.0792. The molecule has 1 saturated heterocycles. The van der Waals surface area contributed by atoms with E-state index in [1.807, 2.05) is 13.8 Å². The zero-order valence-corrected chi connectivity index (χ0v) is 17.5. The first kappa shape index (κ1) is 20.4. The smallest absolute Gasteiger partial charge is 0.410 e. The number of anilines is 1. The van der Waals surface area contributed by atoms with Crippen LogP contribution in [0, 0.1) is 13.8 Å². The Kier molecular flexibility index (Phi) is 5.32. The fourth-order valence-electron chi connectivity index (χ4n) is 3.21. The summed E-state index contributed by atoms with van der Waals surface area (Å²) < 4.78 is 5.28. The van der Waals surface area contributed by atoms with Crippen LogP contribution in [0.3, 0.4) is 0 Å². The molecule has 4 rings (SSSR count). The van der Waals surface area contributed by atoms with Gasteiger partial charge in [-0.3, -0.25) is 4.79 Å². The Morgan fingerprint density at radius 2 is 2.13 bits per heavy atom. The van der Waals surface area contributed by atoms with Gasteiger partial charge in [0.2, 0.25) is 0 Å². The van der Waals surface area contributed by atoms with E-state index in [-0.39, 0.29) is 17.7 Å². The third-order valence-corrected chi connectivity index (χ3v) is 6.09. The number of hydrogen-bond donors (Lipinski definition) is 2. The van der Waals surface area contributed by atoms with Gasteiger partial charge in [-0.05, 0) is 37.1 Å². The first-order chi connectivity index (χ1) is 14.9. The Balaban J connectivity index is 1.36. The van der Waals surface area contributed by atoms with E-state index in [0.29, 0.717) is 34.2 Å². The van der Waals surface area contributed by atoms with Gasteiger partial charge in [0.05, 0.1) is 17.4 Å². The minimum Gasteiger partial charge on any atom is -0.410 e. The number of aromatic nitrogens is 2. The lowest BCUT2D eigenvalue weighted by Crippen LogP contribution is -2.61. The number of benzene rings is 1.